The number of rotatable bonds is 5. The number of hydrogen-bond donors (Lipinski definition) is 2. The molecule has 106 valence electrons. The number of aryl methyl sites for hydroxylation is 1. The predicted octanol–water partition coefficient (Wildman–Crippen LogP) is 2.86. The highest BCUT2D eigenvalue weighted by atomic mass is 15.3. The van der Waals surface area contributed by atoms with Crippen molar-refractivity contribution in [2.24, 2.45) is 11.8 Å². The Bertz CT molecular complexity index is 578. The summed E-state index contributed by atoms with van der Waals surface area (Å²) in [5.41, 5.74) is 6.13. The van der Waals surface area contributed by atoms with Gasteiger partial charge in [0.1, 0.15) is 11.6 Å². The van der Waals surface area contributed by atoms with Crippen LogP contribution in [0.25, 0.3) is 0 Å². The van der Waals surface area contributed by atoms with Crippen LogP contribution >= 0.6 is 0 Å². The zero-order chi connectivity index (χ0) is 14.5. The third-order valence-electron chi connectivity index (χ3n) is 3.04. The molecule has 0 aliphatic heterocycles. The maximum Gasteiger partial charge on any atom is 0.143 e. The molecule has 0 bridgehead atoms. The molecule has 0 atom stereocenters. The Morgan fingerprint density at radius 3 is 2.65 bits per heavy atom. The van der Waals surface area contributed by atoms with Crippen LogP contribution in [0, 0.1) is 12.8 Å². The van der Waals surface area contributed by atoms with Crippen LogP contribution in [0.2, 0.25) is 0 Å². The van der Waals surface area contributed by atoms with Crippen LogP contribution in [0.3, 0.4) is 0 Å². The molecule has 0 unspecified atom stereocenters. The van der Waals surface area contributed by atoms with Gasteiger partial charge in [-0.1, -0.05) is 43.7 Å². The molecule has 3 N–H and O–H groups in total. The highest BCUT2D eigenvalue weighted by Crippen LogP contribution is 2.14. The van der Waals surface area contributed by atoms with Gasteiger partial charge in [-0.15, -0.1) is 0 Å². The van der Waals surface area contributed by atoms with Gasteiger partial charge in [0.25, 0.3) is 0 Å². The normalized spacial score (nSPS) is 10.8. The molecule has 0 aliphatic carbocycles. The van der Waals surface area contributed by atoms with Crippen LogP contribution in [0.4, 0.5) is 5.82 Å². The molecular weight excluding hydrogens is 248 g/mol. The summed E-state index contributed by atoms with van der Waals surface area (Å²) in [5.74, 6) is 7.54. The quantitative estimate of drug-likeness (QED) is 0.648. The Kier molecular flexibility index (Phi) is 4.69. The van der Waals surface area contributed by atoms with E-state index in [1.54, 1.807) is 0 Å². The smallest absolute Gasteiger partial charge is 0.143 e. The molecule has 2 rings (SSSR count). The number of hydrogen-bond acceptors (Lipinski definition) is 4. The van der Waals surface area contributed by atoms with Crippen molar-refractivity contribution >= 4 is 5.82 Å². The molecule has 4 nitrogen and oxygen atoms in total. The van der Waals surface area contributed by atoms with Gasteiger partial charge in [-0.3, -0.25) is 0 Å². The maximum absolute atomic E-state index is 5.50. The number of anilines is 1. The summed E-state index contributed by atoms with van der Waals surface area (Å²) < 4.78 is 0. The Hall–Kier alpha value is -1.94. The fourth-order valence-electron chi connectivity index (χ4n) is 2.23. The second kappa shape index (κ2) is 6.48. The van der Waals surface area contributed by atoms with Gasteiger partial charge in [0.15, 0.2) is 0 Å². The van der Waals surface area contributed by atoms with Crippen molar-refractivity contribution in [1.82, 2.24) is 9.97 Å². The lowest BCUT2D eigenvalue weighted by Crippen LogP contribution is -2.12. The molecule has 0 radical (unpaired) electrons. The van der Waals surface area contributed by atoms with Gasteiger partial charge in [-0.2, -0.15) is 0 Å². The van der Waals surface area contributed by atoms with E-state index >= 15 is 0 Å². The Morgan fingerprint density at radius 1 is 1.20 bits per heavy atom. The van der Waals surface area contributed by atoms with Crippen molar-refractivity contribution in [2.45, 2.75) is 33.6 Å². The molecule has 0 saturated heterocycles. The molecule has 4 heteroatoms. The van der Waals surface area contributed by atoms with Gasteiger partial charge >= 0.3 is 0 Å². The molecule has 1 heterocycles. The fraction of sp³-hybridized carbons (Fsp3) is 0.375. The van der Waals surface area contributed by atoms with Crippen molar-refractivity contribution < 1.29 is 0 Å². The van der Waals surface area contributed by atoms with Crippen LogP contribution in [0.1, 0.15) is 36.5 Å². The average Bonchev–Trinajstić information content (AvgIpc) is 2.37. The molecule has 1 aromatic carbocycles. The van der Waals surface area contributed by atoms with E-state index in [4.69, 9.17) is 5.84 Å². The summed E-state index contributed by atoms with van der Waals surface area (Å²) in [6.45, 7) is 6.45. The van der Waals surface area contributed by atoms with Gasteiger partial charge in [-0.05, 0) is 24.8 Å². The Morgan fingerprint density at radius 2 is 2.00 bits per heavy atom. The molecule has 1 aromatic heterocycles. The summed E-state index contributed by atoms with van der Waals surface area (Å²) in [4.78, 5) is 9.08. The van der Waals surface area contributed by atoms with E-state index in [-0.39, 0.29) is 0 Å². The van der Waals surface area contributed by atoms with Crippen LogP contribution < -0.4 is 11.3 Å². The fourth-order valence-corrected chi connectivity index (χ4v) is 2.23. The van der Waals surface area contributed by atoms with Gasteiger partial charge in [-0.25, -0.2) is 15.8 Å². The van der Waals surface area contributed by atoms with Crippen LogP contribution in [0.15, 0.2) is 30.3 Å². The summed E-state index contributed by atoms with van der Waals surface area (Å²) >= 11 is 0. The first-order valence-electron chi connectivity index (χ1n) is 6.96. The van der Waals surface area contributed by atoms with Crippen LogP contribution in [-0.2, 0) is 12.8 Å². The lowest BCUT2D eigenvalue weighted by Gasteiger charge is -2.09. The first kappa shape index (κ1) is 14.5. The average molecular weight is 270 g/mol. The van der Waals surface area contributed by atoms with Crippen molar-refractivity contribution in [2.75, 3.05) is 5.43 Å². The lowest BCUT2D eigenvalue weighted by atomic mass is 10.1. The SMILES string of the molecule is Cc1cccc(Cc2nc(CC(C)C)cc(NN)n2)c1. The standard InChI is InChI=1S/C16H22N4/c1-11(2)7-14-10-16(20-17)19-15(18-14)9-13-6-4-5-12(3)8-13/h4-6,8,10-11H,7,9,17H2,1-3H3,(H,18,19,20). The minimum atomic E-state index is 0.558. The van der Waals surface area contributed by atoms with Crippen LogP contribution in [-0.4, -0.2) is 9.97 Å². The highest BCUT2D eigenvalue weighted by Gasteiger charge is 2.07. The molecule has 0 spiro atoms. The van der Waals surface area contributed by atoms with Gasteiger partial charge in [0.05, 0.1) is 0 Å². The molecule has 20 heavy (non-hydrogen) atoms. The molecular formula is C16H22N4. The van der Waals surface area contributed by atoms with Crippen molar-refractivity contribution in [3.05, 3.63) is 53.0 Å². The van der Waals surface area contributed by atoms with Crippen molar-refractivity contribution in [3.63, 3.8) is 0 Å². The molecule has 0 saturated carbocycles. The van der Waals surface area contributed by atoms with Gasteiger partial charge in [0.2, 0.25) is 0 Å². The summed E-state index contributed by atoms with van der Waals surface area (Å²) in [6, 6.07) is 10.3. The van der Waals surface area contributed by atoms with Crippen molar-refractivity contribution in [1.29, 1.82) is 0 Å². The lowest BCUT2D eigenvalue weighted by molar-refractivity contribution is 0.631. The molecule has 0 fully saturated rings. The van der Waals surface area contributed by atoms with E-state index in [1.165, 1.54) is 11.1 Å². The first-order valence-corrected chi connectivity index (χ1v) is 6.96. The second-order valence-corrected chi connectivity index (χ2v) is 5.57. The van der Waals surface area contributed by atoms with E-state index in [2.05, 4.69) is 60.4 Å². The van der Waals surface area contributed by atoms with Crippen LogP contribution in [0.5, 0.6) is 0 Å². The largest absolute Gasteiger partial charge is 0.308 e. The predicted molar refractivity (Wildman–Crippen MR) is 82.4 cm³/mol. The topological polar surface area (TPSA) is 63.8 Å². The van der Waals surface area contributed by atoms with Crippen molar-refractivity contribution in [3.8, 4) is 0 Å². The minimum absolute atomic E-state index is 0.558. The number of benzene rings is 1. The number of nitrogens with zero attached hydrogens (tertiary/aromatic N) is 2. The summed E-state index contributed by atoms with van der Waals surface area (Å²) in [5, 5.41) is 0. The third-order valence-corrected chi connectivity index (χ3v) is 3.04. The number of hydrazine groups is 1. The molecule has 2 aromatic rings. The van der Waals surface area contributed by atoms with Gasteiger partial charge in [0, 0.05) is 18.2 Å². The van der Waals surface area contributed by atoms with E-state index in [0.717, 1.165) is 24.4 Å². The maximum atomic E-state index is 5.50. The van der Waals surface area contributed by atoms with E-state index < -0.39 is 0 Å². The highest BCUT2D eigenvalue weighted by molar-refractivity contribution is 5.36. The number of nitrogens with two attached hydrogens (primary N) is 1. The molecule has 0 aliphatic rings. The summed E-state index contributed by atoms with van der Waals surface area (Å²) in [6.07, 6.45) is 1.65. The minimum Gasteiger partial charge on any atom is -0.308 e. The van der Waals surface area contributed by atoms with E-state index in [9.17, 15) is 0 Å². The first-order chi connectivity index (χ1) is 9.56. The molecule has 0 amide bonds. The number of nitrogen functional groups attached to an aromatic ring is 1. The summed E-state index contributed by atoms with van der Waals surface area (Å²) in [7, 11) is 0. The van der Waals surface area contributed by atoms with Gasteiger partial charge < -0.3 is 5.43 Å². The Labute approximate surface area is 120 Å². The number of aromatic nitrogens is 2. The Balaban J connectivity index is 2.26. The second-order valence-electron chi connectivity index (χ2n) is 5.57. The zero-order valence-corrected chi connectivity index (χ0v) is 12.4. The monoisotopic (exact) mass is 270 g/mol. The van der Waals surface area contributed by atoms with E-state index in [1.807, 2.05) is 6.07 Å². The third kappa shape index (κ3) is 4.03. The number of nitrogens with one attached hydrogen (secondary N) is 1. The zero-order valence-electron chi connectivity index (χ0n) is 12.4. The van der Waals surface area contributed by atoms with E-state index in [0.29, 0.717) is 11.7 Å².